The van der Waals surface area contributed by atoms with E-state index in [1.807, 2.05) is 0 Å². The number of nitrogens with one attached hydrogen (secondary N) is 1. The number of nitrogens with two attached hydrogens (primary N) is 1. The maximum Gasteiger partial charge on any atom is 0.406 e. The van der Waals surface area contributed by atoms with Gasteiger partial charge >= 0.3 is 19.4 Å². The second-order valence-corrected chi connectivity index (χ2v) is 14.8. The third kappa shape index (κ3) is 9.16. The van der Waals surface area contributed by atoms with Gasteiger partial charge in [0.25, 0.3) is 0 Å². The zero-order chi connectivity index (χ0) is 29.8. The Kier molecular flexibility index (Phi) is 11.5. The van der Waals surface area contributed by atoms with Crippen molar-refractivity contribution in [1.29, 1.82) is 0 Å². The van der Waals surface area contributed by atoms with Crippen molar-refractivity contribution < 1.29 is 32.7 Å². The number of esters is 1. The van der Waals surface area contributed by atoms with Crippen molar-refractivity contribution in [2.24, 2.45) is 5.41 Å². The first-order chi connectivity index (χ1) is 17.8. The molecule has 16 heteroatoms. The molecule has 0 aromatic carbocycles. The Morgan fingerprint density at radius 3 is 2.54 bits per heavy atom. The first-order valence-electron chi connectivity index (χ1n) is 12.3. The molecule has 1 aliphatic heterocycles. The highest BCUT2D eigenvalue weighted by Gasteiger charge is 2.57. The van der Waals surface area contributed by atoms with Crippen LogP contribution in [0.5, 0.6) is 0 Å². The summed E-state index contributed by atoms with van der Waals surface area (Å²) >= 11 is 14.2. The van der Waals surface area contributed by atoms with Gasteiger partial charge in [0.1, 0.15) is 11.9 Å². The number of alkyl halides is 2. The molecule has 0 amide bonds. The lowest BCUT2D eigenvalue weighted by Gasteiger charge is -2.34. The Balaban J connectivity index is 2.15. The summed E-state index contributed by atoms with van der Waals surface area (Å²) in [4.78, 5) is 40.7. The molecule has 0 unspecified atom stereocenters. The van der Waals surface area contributed by atoms with E-state index < -0.39 is 47.0 Å². The molecule has 12 nitrogen and oxygen atoms in total. The third-order valence-corrected chi connectivity index (χ3v) is 9.49. The topological polar surface area (TPSA) is 161 Å². The van der Waals surface area contributed by atoms with Crippen LogP contribution < -0.4 is 16.5 Å². The van der Waals surface area contributed by atoms with Crippen molar-refractivity contribution in [2.75, 3.05) is 24.7 Å². The van der Waals surface area contributed by atoms with Crippen molar-refractivity contribution in [2.45, 2.75) is 83.2 Å². The van der Waals surface area contributed by atoms with Crippen LogP contribution in [0.3, 0.4) is 0 Å². The zero-order valence-corrected chi connectivity index (χ0v) is 26.3. The van der Waals surface area contributed by atoms with E-state index >= 15 is 0 Å². The number of nitrogens with zero attached hydrogens (tertiary/aromatic N) is 2. The number of carbonyl (C=O) groups excluding carboxylic acids is 2. The molecule has 1 saturated heterocycles. The van der Waals surface area contributed by atoms with Crippen LogP contribution in [0.4, 0.5) is 5.82 Å². The Morgan fingerprint density at radius 2 is 1.97 bits per heavy atom. The van der Waals surface area contributed by atoms with Gasteiger partial charge in [-0.15, -0.1) is 0 Å². The predicted octanol–water partition coefficient (Wildman–Crippen LogP) is 3.84. The van der Waals surface area contributed by atoms with Gasteiger partial charge in [-0.05, 0) is 33.8 Å². The summed E-state index contributed by atoms with van der Waals surface area (Å²) in [5.41, 5.74) is 2.75. The first-order valence-corrected chi connectivity index (χ1v) is 15.5. The average Bonchev–Trinajstić information content (AvgIpc) is 3.02. The monoisotopic (exact) mass is 630 g/mol. The quantitative estimate of drug-likeness (QED) is 0.149. The van der Waals surface area contributed by atoms with Gasteiger partial charge in [-0.25, -0.2) is 14.4 Å². The predicted molar refractivity (Wildman–Crippen MR) is 151 cm³/mol. The minimum absolute atomic E-state index is 0.00961. The van der Waals surface area contributed by atoms with E-state index in [-0.39, 0.29) is 42.4 Å². The van der Waals surface area contributed by atoms with E-state index in [0.717, 1.165) is 16.3 Å². The van der Waals surface area contributed by atoms with Crippen LogP contribution in [-0.2, 0) is 38.4 Å². The second-order valence-electron chi connectivity index (χ2n) is 10.5. The Labute approximate surface area is 242 Å². The highest BCUT2D eigenvalue weighted by molar-refractivity contribution is 8.13. The number of halogens is 2. The number of aromatic nitrogens is 2. The van der Waals surface area contributed by atoms with Crippen molar-refractivity contribution in [1.82, 2.24) is 14.6 Å². The number of carbonyl (C=O) groups is 2. The fourth-order valence-electron chi connectivity index (χ4n) is 3.42. The van der Waals surface area contributed by atoms with Gasteiger partial charge in [0.2, 0.25) is 0 Å². The summed E-state index contributed by atoms with van der Waals surface area (Å²) in [6, 6.07) is 0.354. The summed E-state index contributed by atoms with van der Waals surface area (Å²) in [5, 5.41) is 2.51. The van der Waals surface area contributed by atoms with Crippen molar-refractivity contribution in [3.8, 4) is 0 Å². The van der Waals surface area contributed by atoms with Crippen LogP contribution >= 0.6 is 42.7 Å². The number of anilines is 1. The van der Waals surface area contributed by atoms with E-state index in [2.05, 4.69) is 10.1 Å². The van der Waals surface area contributed by atoms with Crippen LogP contribution in [0.25, 0.3) is 0 Å². The molecule has 2 rings (SSSR count). The van der Waals surface area contributed by atoms with Gasteiger partial charge in [0.15, 0.2) is 15.2 Å². The molecule has 0 bridgehead atoms. The van der Waals surface area contributed by atoms with Gasteiger partial charge in [0.05, 0.1) is 25.4 Å². The van der Waals surface area contributed by atoms with E-state index in [9.17, 15) is 18.9 Å². The molecule has 1 aromatic heterocycles. The van der Waals surface area contributed by atoms with Crippen molar-refractivity contribution in [3.05, 3.63) is 22.7 Å². The zero-order valence-electron chi connectivity index (χ0n) is 23.1. The van der Waals surface area contributed by atoms with Crippen molar-refractivity contribution >= 4 is 59.6 Å². The second kappa shape index (κ2) is 13.2. The van der Waals surface area contributed by atoms with Gasteiger partial charge in [0, 0.05) is 23.8 Å². The lowest BCUT2D eigenvalue weighted by molar-refractivity contribution is -0.149. The van der Waals surface area contributed by atoms with Crippen LogP contribution in [-0.4, -0.2) is 62.2 Å². The van der Waals surface area contributed by atoms with E-state index in [4.69, 9.17) is 47.5 Å². The summed E-state index contributed by atoms with van der Waals surface area (Å²) in [6.45, 7) is 11.3. The molecule has 39 heavy (non-hydrogen) atoms. The van der Waals surface area contributed by atoms with Gasteiger partial charge in [-0.3, -0.25) is 23.2 Å². The highest BCUT2D eigenvalue weighted by atomic mass is 35.5. The molecule has 0 radical (unpaired) electrons. The molecular formula is C23H37Cl2N4O8PS. The fraction of sp³-hybridized carbons (Fsp3) is 0.739. The number of thioether (sulfide) groups is 1. The molecule has 0 saturated carbocycles. The molecule has 222 valence electrons. The van der Waals surface area contributed by atoms with E-state index in [1.54, 1.807) is 34.6 Å². The molecule has 2 heterocycles. The van der Waals surface area contributed by atoms with Crippen LogP contribution in [0, 0.1) is 5.41 Å². The van der Waals surface area contributed by atoms with Crippen molar-refractivity contribution in [3.63, 3.8) is 0 Å². The number of rotatable bonds is 12. The maximum atomic E-state index is 13.6. The molecule has 3 N–H and O–H groups in total. The summed E-state index contributed by atoms with van der Waals surface area (Å²) in [5.74, 6) is -0.438. The minimum Gasteiger partial charge on any atom is -0.462 e. The Bertz CT molecular complexity index is 1150. The van der Waals surface area contributed by atoms with Gasteiger partial charge < -0.3 is 15.2 Å². The average molecular weight is 632 g/mol. The summed E-state index contributed by atoms with van der Waals surface area (Å²) in [7, 11) is -4.14. The largest absolute Gasteiger partial charge is 0.462 e. The first kappa shape index (κ1) is 34.0. The number of ether oxygens (including phenoxy) is 2. The molecular weight excluding hydrogens is 594 g/mol. The number of hydrogen-bond acceptors (Lipinski definition) is 11. The summed E-state index contributed by atoms with van der Waals surface area (Å²) < 4.78 is 35.5. The van der Waals surface area contributed by atoms with Crippen LogP contribution in [0.1, 0.15) is 54.9 Å². The normalized spacial score (nSPS) is 23.4. The molecule has 0 spiro atoms. The number of hydrogen-bond donors (Lipinski definition) is 2. The lowest BCUT2D eigenvalue weighted by Crippen LogP contribution is -2.49. The maximum absolute atomic E-state index is 13.6. The molecule has 1 aromatic rings. The molecule has 1 fully saturated rings. The van der Waals surface area contributed by atoms with E-state index in [0.29, 0.717) is 0 Å². The molecule has 1 aliphatic rings. The number of nitrogen functional groups attached to an aromatic ring is 1. The molecule has 0 aliphatic carbocycles. The summed E-state index contributed by atoms with van der Waals surface area (Å²) in [6.07, 6.45) is 0.133. The SMILES string of the molecule is CC(C)OC(=O)[C@@H](C)N[P@@](=O)(OCCSC(=O)C(C)(C)C)OC[C@@H]1CC(Cl)(Cl)[C@@](C)(n2ccc(N)nc2=O)O1. The van der Waals surface area contributed by atoms with Gasteiger partial charge in [-0.2, -0.15) is 4.98 Å². The Morgan fingerprint density at radius 1 is 1.33 bits per heavy atom. The minimum atomic E-state index is -4.14. The molecule has 4 atom stereocenters. The van der Waals surface area contributed by atoms with Crippen LogP contribution in [0.15, 0.2) is 17.1 Å². The smallest absolute Gasteiger partial charge is 0.406 e. The van der Waals surface area contributed by atoms with Crippen LogP contribution in [0.2, 0.25) is 0 Å². The fourth-order valence-corrected chi connectivity index (χ4v) is 6.44. The Hall–Kier alpha value is -1.18. The van der Waals surface area contributed by atoms with Gasteiger partial charge in [-0.1, -0.05) is 55.7 Å². The standard InChI is InChI=1S/C23H37Cl2N4O8PS/c1-14(2)36-18(30)15(3)28-38(33,34-10-11-39-19(31)21(4,5)6)35-13-16-12-23(24,25)22(7,37-16)29-9-8-17(26)27-20(29)32/h8-9,14-16H,10-13H2,1-7H3,(H,28,33)(H2,26,27,32)/t15-,16+,22+,38-/m1/s1. The highest BCUT2D eigenvalue weighted by Crippen LogP contribution is 2.52. The lowest BCUT2D eigenvalue weighted by atomic mass is 10.00. The third-order valence-electron chi connectivity index (χ3n) is 5.52. The van der Waals surface area contributed by atoms with E-state index in [1.165, 1.54) is 26.1 Å².